The van der Waals surface area contributed by atoms with Gasteiger partial charge in [-0.15, -0.1) is 0 Å². The van der Waals surface area contributed by atoms with Crippen molar-refractivity contribution in [2.45, 2.75) is 25.2 Å². The fraction of sp³-hybridized carbons (Fsp3) is 0.357. The second-order valence-corrected chi connectivity index (χ2v) is 5.54. The first-order chi connectivity index (χ1) is 10.2. The van der Waals surface area contributed by atoms with Crippen LogP contribution in [-0.2, 0) is 0 Å². The zero-order valence-corrected chi connectivity index (χ0v) is 13.0. The van der Waals surface area contributed by atoms with E-state index in [4.69, 9.17) is 0 Å². The Kier molecular flexibility index (Phi) is 3.69. The first kappa shape index (κ1) is 14.1. The maximum absolute atomic E-state index is 10.6. The van der Waals surface area contributed by atoms with Gasteiger partial charge in [0.2, 0.25) is 0 Å². The van der Waals surface area contributed by atoms with Crippen molar-refractivity contribution in [2.75, 3.05) is 17.7 Å². The second kappa shape index (κ2) is 5.50. The van der Waals surface area contributed by atoms with E-state index >= 15 is 0 Å². The molecular weight excluding hydrogens is 286 g/mol. The van der Waals surface area contributed by atoms with Crippen LogP contribution in [-0.4, -0.2) is 44.3 Å². The first-order valence-corrected chi connectivity index (χ1v) is 7.96. The minimum absolute atomic E-state index is 0.657. The van der Waals surface area contributed by atoms with Crippen molar-refractivity contribution in [3.63, 3.8) is 0 Å². The number of aliphatic hydroxyl groups is 1. The molecule has 0 saturated heterocycles. The highest BCUT2D eigenvalue weighted by Crippen LogP contribution is 2.36. The summed E-state index contributed by atoms with van der Waals surface area (Å²) in [6.45, 7) is 4.62. The van der Waals surface area contributed by atoms with Gasteiger partial charge in [-0.2, -0.15) is 5.10 Å². The van der Waals surface area contributed by atoms with Crippen molar-refractivity contribution in [3.8, 4) is 0 Å². The molecule has 0 spiro atoms. The summed E-state index contributed by atoms with van der Waals surface area (Å²) in [6.07, 6.45) is 4.82. The molecule has 0 amide bonds. The molecule has 2 N–H and O–H groups in total. The summed E-state index contributed by atoms with van der Waals surface area (Å²) in [5, 5.41) is 18.2. The third-order valence-corrected chi connectivity index (χ3v) is 4.12. The van der Waals surface area contributed by atoms with Crippen molar-refractivity contribution in [3.05, 3.63) is 29.2 Å². The number of rotatable bonds is 3. The number of nitrogens with zero attached hydrogens (tertiary/aromatic N) is 4. The molecule has 1 aliphatic rings. The maximum atomic E-state index is 10.6. The van der Waals surface area contributed by atoms with E-state index in [1.54, 1.807) is 6.20 Å². The normalized spacial score (nSPS) is 17.6. The fourth-order valence-corrected chi connectivity index (χ4v) is 2.90. The van der Waals surface area contributed by atoms with Gasteiger partial charge in [-0.3, -0.25) is 5.10 Å². The molecule has 0 fully saturated rings. The van der Waals surface area contributed by atoms with Crippen LogP contribution in [0.15, 0.2) is 17.4 Å². The van der Waals surface area contributed by atoms with Crippen LogP contribution in [0.4, 0.5) is 5.82 Å². The van der Waals surface area contributed by atoms with Crippen LogP contribution in [0.2, 0.25) is 0 Å². The van der Waals surface area contributed by atoms with E-state index < -0.39 is 6.23 Å². The lowest BCUT2D eigenvalue weighted by Crippen LogP contribution is -2.39. The molecule has 2 aromatic heterocycles. The fourth-order valence-electron chi connectivity index (χ4n) is 2.49. The van der Waals surface area contributed by atoms with E-state index in [1.165, 1.54) is 11.8 Å². The second-order valence-electron chi connectivity index (χ2n) is 4.76. The van der Waals surface area contributed by atoms with Gasteiger partial charge in [0.15, 0.2) is 11.4 Å². The van der Waals surface area contributed by atoms with Gasteiger partial charge in [-0.05, 0) is 32.2 Å². The van der Waals surface area contributed by atoms with E-state index in [2.05, 4.69) is 20.2 Å². The summed E-state index contributed by atoms with van der Waals surface area (Å²) in [6, 6.07) is 1.85. The number of hydrogen-bond acceptors (Lipinski definition) is 6. The summed E-state index contributed by atoms with van der Waals surface area (Å²) in [5.41, 5.74) is 3.45. The third-order valence-electron chi connectivity index (χ3n) is 3.58. The van der Waals surface area contributed by atoms with Crippen LogP contribution in [0.1, 0.15) is 23.9 Å². The number of likely N-dealkylation sites (N-methyl/N-ethyl adjacent to an activating group) is 1. The number of aromatic amines is 1. The van der Waals surface area contributed by atoms with E-state index in [0.717, 1.165) is 33.5 Å². The molecule has 0 aromatic carbocycles. The van der Waals surface area contributed by atoms with Gasteiger partial charge in [-0.1, -0.05) is 11.8 Å². The van der Waals surface area contributed by atoms with Crippen LogP contribution in [0, 0.1) is 6.92 Å². The van der Waals surface area contributed by atoms with Crippen LogP contribution >= 0.6 is 11.8 Å². The molecule has 0 radical (unpaired) electrons. The molecule has 3 heterocycles. The molecule has 6 nitrogen and oxygen atoms in total. The van der Waals surface area contributed by atoms with E-state index in [9.17, 15) is 5.11 Å². The van der Waals surface area contributed by atoms with Gasteiger partial charge in [0.25, 0.3) is 0 Å². The minimum Gasteiger partial charge on any atom is -0.369 e. The summed E-state index contributed by atoms with van der Waals surface area (Å²) in [5.74, 6) is 0.783. The van der Waals surface area contributed by atoms with E-state index in [0.29, 0.717) is 6.54 Å². The number of thioether (sulfide) groups is 1. The Bertz CT molecular complexity index is 683. The number of fused-ring (bicyclic) bond motifs is 1. The summed E-state index contributed by atoms with van der Waals surface area (Å²) < 4.78 is 0. The SMILES string of the molecule is CCN1c2nc(SC)nc(C)c2C=C(c2ccn[nH]2)C1O. The molecule has 21 heavy (non-hydrogen) atoms. The van der Waals surface area contributed by atoms with Gasteiger partial charge in [0.1, 0.15) is 5.82 Å². The van der Waals surface area contributed by atoms with Crippen molar-refractivity contribution in [1.82, 2.24) is 20.2 Å². The van der Waals surface area contributed by atoms with Gasteiger partial charge >= 0.3 is 0 Å². The topological polar surface area (TPSA) is 77.9 Å². The van der Waals surface area contributed by atoms with Crippen molar-refractivity contribution >= 4 is 29.2 Å². The average molecular weight is 303 g/mol. The summed E-state index contributed by atoms with van der Waals surface area (Å²) in [4.78, 5) is 10.9. The Morgan fingerprint density at radius 3 is 2.86 bits per heavy atom. The lowest BCUT2D eigenvalue weighted by atomic mass is 10.0. The van der Waals surface area contributed by atoms with Crippen molar-refractivity contribution < 1.29 is 5.11 Å². The van der Waals surface area contributed by atoms with Crippen LogP contribution in [0.3, 0.4) is 0 Å². The Labute approximate surface area is 127 Å². The monoisotopic (exact) mass is 303 g/mol. The predicted molar refractivity (Wildman–Crippen MR) is 84.0 cm³/mol. The molecular formula is C14H17N5OS. The number of anilines is 1. The highest BCUT2D eigenvalue weighted by Gasteiger charge is 2.30. The lowest BCUT2D eigenvalue weighted by molar-refractivity contribution is 0.225. The molecule has 0 bridgehead atoms. The average Bonchev–Trinajstić information content (AvgIpc) is 3.00. The van der Waals surface area contributed by atoms with Gasteiger partial charge in [0, 0.05) is 23.9 Å². The van der Waals surface area contributed by atoms with E-state index in [-0.39, 0.29) is 0 Å². The molecule has 0 saturated carbocycles. The molecule has 3 rings (SSSR count). The lowest BCUT2D eigenvalue weighted by Gasteiger charge is -2.34. The Hall–Kier alpha value is -1.86. The number of H-pyrrole nitrogens is 1. The molecule has 2 aromatic rings. The molecule has 0 aliphatic carbocycles. The number of aliphatic hydroxyl groups excluding tert-OH is 1. The third kappa shape index (κ3) is 2.32. The Morgan fingerprint density at radius 2 is 2.24 bits per heavy atom. The highest BCUT2D eigenvalue weighted by molar-refractivity contribution is 7.98. The highest BCUT2D eigenvalue weighted by atomic mass is 32.2. The summed E-state index contributed by atoms with van der Waals surface area (Å²) in [7, 11) is 0. The minimum atomic E-state index is -0.744. The van der Waals surface area contributed by atoms with Gasteiger partial charge in [-0.25, -0.2) is 9.97 Å². The number of aryl methyl sites for hydroxylation is 1. The predicted octanol–water partition coefficient (Wildman–Crippen LogP) is 1.93. The molecule has 7 heteroatoms. The smallest absolute Gasteiger partial charge is 0.189 e. The van der Waals surface area contributed by atoms with Gasteiger partial charge in [0.05, 0.1) is 11.4 Å². The van der Waals surface area contributed by atoms with Gasteiger partial charge < -0.3 is 10.0 Å². The zero-order chi connectivity index (χ0) is 15.0. The maximum Gasteiger partial charge on any atom is 0.189 e. The Balaban J connectivity index is 2.20. The van der Waals surface area contributed by atoms with Crippen molar-refractivity contribution in [2.24, 2.45) is 0 Å². The zero-order valence-electron chi connectivity index (χ0n) is 12.2. The first-order valence-electron chi connectivity index (χ1n) is 6.74. The Morgan fingerprint density at radius 1 is 1.43 bits per heavy atom. The summed E-state index contributed by atoms with van der Waals surface area (Å²) >= 11 is 1.50. The molecule has 1 atom stereocenters. The molecule has 1 unspecified atom stereocenters. The van der Waals surface area contributed by atoms with E-state index in [1.807, 2.05) is 37.1 Å². The standard InChI is InChI=1S/C14H17N5OS/c1-4-19-12-9(8(2)16-14(17-12)21-3)7-10(13(19)20)11-5-6-15-18-11/h5-7,13,20H,4H2,1-3H3,(H,15,18). The molecule has 110 valence electrons. The van der Waals surface area contributed by atoms with Crippen LogP contribution < -0.4 is 4.90 Å². The van der Waals surface area contributed by atoms with Crippen LogP contribution in [0.5, 0.6) is 0 Å². The number of aromatic nitrogens is 4. The van der Waals surface area contributed by atoms with Crippen LogP contribution in [0.25, 0.3) is 11.6 Å². The molecule has 1 aliphatic heterocycles. The number of nitrogens with one attached hydrogen (secondary N) is 1. The quantitative estimate of drug-likeness (QED) is 0.666. The largest absolute Gasteiger partial charge is 0.369 e. The number of hydrogen-bond donors (Lipinski definition) is 2. The van der Waals surface area contributed by atoms with Crippen molar-refractivity contribution in [1.29, 1.82) is 0 Å².